The fraction of sp³-hybridized carbons (Fsp3) is 0.0714. The Balaban J connectivity index is 2.13. The first-order chi connectivity index (χ1) is 8.75. The molecule has 1 heterocycles. The van der Waals surface area contributed by atoms with Gasteiger partial charge in [-0.3, -0.25) is 0 Å². The molecule has 1 N–H and O–H groups in total. The van der Waals surface area contributed by atoms with Gasteiger partial charge in [-0.2, -0.15) is 0 Å². The molecule has 0 aliphatic carbocycles. The molecule has 0 radical (unpaired) electrons. The smallest absolute Gasteiger partial charge is 0.336 e. The Morgan fingerprint density at radius 3 is 2.67 bits per heavy atom. The van der Waals surface area contributed by atoms with E-state index in [1.165, 1.54) is 0 Å². The highest BCUT2D eigenvalue weighted by molar-refractivity contribution is 5.96. The van der Waals surface area contributed by atoms with E-state index in [2.05, 4.69) is 0 Å². The van der Waals surface area contributed by atoms with Gasteiger partial charge in [-0.05, 0) is 29.3 Å². The maximum atomic E-state index is 11.2. The van der Waals surface area contributed by atoms with Gasteiger partial charge in [-0.15, -0.1) is 0 Å². The van der Waals surface area contributed by atoms with Gasteiger partial charge in [0, 0.05) is 0 Å². The summed E-state index contributed by atoms with van der Waals surface area (Å²) in [6, 6.07) is 12.3. The standard InChI is InChI=1S/C14H10O4/c15-14(16)11-4-2-1-3-10(11)9-5-6-12-13(7-9)18-8-17-12/h1-7H,8H2,(H,15,16). The van der Waals surface area contributed by atoms with Gasteiger partial charge in [0.2, 0.25) is 6.79 Å². The Morgan fingerprint density at radius 2 is 1.83 bits per heavy atom. The van der Waals surface area contributed by atoms with Crippen LogP contribution in [-0.2, 0) is 0 Å². The lowest BCUT2D eigenvalue weighted by Crippen LogP contribution is -1.98. The molecule has 0 saturated carbocycles. The van der Waals surface area contributed by atoms with Crippen LogP contribution in [0.3, 0.4) is 0 Å². The van der Waals surface area contributed by atoms with Gasteiger partial charge in [0.15, 0.2) is 11.5 Å². The maximum absolute atomic E-state index is 11.2. The van der Waals surface area contributed by atoms with Crippen LogP contribution in [0.5, 0.6) is 11.5 Å². The van der Waals surface area contributed by atoms with Gasteiger partial charge in [-0.1, -0.05) is 24.3 Å². The van der Waals surface area contributed by atoms with Crippen molar-refractivity contribution in [2.45, 2.75) is 0 Å². The van der Waals surface area contributed by atoms with E-state index in [0.717, 1.165) is 5.56 Å². The number of ether oxygens (including phenoxy) is 2. The van der Waals surface area contributed by atoms with Crippen LogP contribution in [0.2, 0.25) is 0 Å². The minimum absolute atomic E-state index is 0.208. The lowest BCUT2D eigenvalue weighted by atomic mass is 9.99. The molecule has 0 unspecified atom stereocenters. The molecule has 0 saturated heterocycles. The number of carboxylic acids is 1. The predicted molar refractivity (Wildman–Crippen MR) is 65.0 cm³/mol. The highest BCUT2D eigenvalue weighted by Crippen LogP contribution is 2.36. The molecule has 0 amide bonds. The number of aromatic carboxylic acids is 1. The minimum atomic E-state index is -0.941. The molecular formula is C14H10O4. The summed E-state index contributed by atoms with van der Waals surface area (Å²) in [6.45, 7) is 0.208. The predicted octanol–water partition coefficient (Wildman–Crippen LogP) is 2.78. The summed E-state index contributed by atoms with van der Waals surface area (Å²) in [4.78, 5) is 11.2. The van der Waals surface area contributed by atoms with Gasteiger partial charge >= 0.3 is 5.97 Å². The Hall–Kier alpha value is -2.49. The second-order valence-corrected chi connectivity index (χ2v) is 3.92. The van der Waals surface area contributed by atoms with Crippen molar-refractivity contribution in [3.8, 4) is 22.6 Å². The topological polar surface area (TPSA) is 55.8 Å². The van der Waals surface area contributed by atoms with Crippen LogP contribution in [0.15, 0.2) is 42.5 Å². The number of benzene rings is 2. The van der Waals surface area contributed by atoms with Gasteiger partial charge < -0.3 is 14.6 Å². The number of hydrogen-bond donors (Lipinski definition) is 1. The van der Waals surface area contributed by atoms with E-state index >= 15 is 0 Å². The Morgan fingerprint density at radius 1 is 1.06 bits per heavy atom. The number of carbonyl (C=O) groups is 1. The van der Waals surface area contributed by atoms with Crippen molar-refractivity contribution < 1.29 is 19.4 Å². The maximum Gasteiger partial charge on any atom is 0.336 e. The number of hydrogen-bond acceptors (Lipinski definition) is 3. The average molecular weight is 242 g/mol. The Kier molecular flexibility index (Phi) is 2.41. The number of rotatable bonds is 2. The molecule has 3 rings (SSSR count). The summed E-state index contributed by atoms with van der Waals surface area (Å²) in [7, 11) is 0. The van der Waals surface area contributed by atoms with Crippen LogP contribution in [0.1, 0.15) is 10.4 Å². The molecule has 0 spiro atoms. The van der Waals surface area contributed by atoms with E-state index in [0.29, 0.717) is 17.1 Å². The Bertz CT molecular complexity index is 619. The molecular weight excluding hydrogens is 232 g/mol. The fourth-order valence-corrected chi connectivity index (χ4v) is 1.99. The van der Waals surface area contributed by atoms with Crippen molar-refractivity contribution in [3.05, 3.63) is 48.0 Å². The monoisotopic (exact) mass is 242 g/mol. The van der Waals surface area contributed by atoms with E-state index in [1.54, 1.807) is 30.3 Å². The lowest BCUT2D eigenvalue weighted by molar-refractivity contribution is 0.0697. The van der Waals surface area contributed by atoms with Crippen LogP contribution >= 0.6 is 0 Å². The van der Waals surface area contributed by atoms with E-state index in [9.17, 15) is 4.79 Å². The number of fused-ring (bicyclic) bond motifs is 1. The third-order valence-electron chi connectivity index (χ3n) is 2.84. The van der Waals surface area contributed by atoms with Crippen LogP contribution in [0.4, 0.5) is 0 Å². The first-order valence-corrected chi connectivity index (χ1v) is 5.48. The summed E-state index contributed by atoms with van der Waals surface area (Å²) in [5, 5.41) is 9.16. The van der Waals surface area contributed by atoms with E-state index < -0.39 is 5.97 Å². The van der Waals surface area contributed by atoms with Crippen molar-refractivity contribution in [3.63, 3.8) is 0 Å². The zero-order valence-electron chi connectivity index (χ0n) is 9.42. The summed E-state index contributed by atoms with van der Waals surface area (Å²) < 4.78 is 10.5. The largest absolute Gasteiger partial charge is 0.478 e. The van der Waals surface area contributed by atoms with Crippen LogP contribution in [-0.4, -0.2) is 17.9 Å². The van der Waals surface area contributed by atoms with Crippen molar-refractivity contribution in [2.24, 2.45) is 0 Å². The average Bonchev–Trinajstić information content (AvgIpc) is 2.85. The Labute approximate surface area is 103 Å². The van der Waals surface area contributed by atoms with E-state index in [4.69, 9.17) is 14.6 Å². The third kappa shape index (κ3) is 1.68. The fourth-order valence-electron chi connectivity index (χ4n) is 1.99. The van der Waals surface area contributed by atoms with Gasteiger partial charge in [0.1, 0.15) is 0 Å². The quantitative estimate of drug-likeness (QED) is 0.879. The summed E-state index contributed by atoms with van der Waals surface area (Å²) in [5.41, 5.74) is 1.75. The molecule has 0 aromatic heterocycles. The molecule has 90 valence electrons. The summed E-state index contributed by atoms with van der Waals surface area (Å²) in [5.74, 6) is 0.391. The van der Waals surface area contributed by atoms with Gasteiger partial charge in [0.05, 0.1) is 5.56 Å². The lowest BCUT2D eigenvalue weighted by Gasteiger charge is -2.06. The molecule has 0 fully saturated rings. The molecule has 1 aliphatic rings. The number of carboxylic acid groups (broad SMARTS) is 1. The third-order valence-corrected chi connectivity index (χ3v) is 2.84. The summed E-state index contributed by atoms with van der Waals surface area (Å²) in [6.07, 6.45) is 0. The van der Waals surface area contributed by atoms with Crippen molar-refractivity contribution in [1.29, 1.82) is 0 Å². The van der Waals surface area contributed by atoms with Crippen molar-refractivity contribution in [2.75, 3.05) is 6.79 Å². The second-order valence-electron chi connectivity index (χ2n) is 3.92. The zero-order valence-corrected chi connectivity index (χ0v) is 9.42. The van der Waals surface area contributed by atoms with Crippen molar-refractivity contribution >= 4 is 5.97 Å². The first-order valence-electron chi connectivity index (χ1n) is 5.48. The molecule has 4 nitrogen and oxygen atoms in total. The molecule has 1 aliphatic heterocycles. The van der Waals surface area contributed by atoms with Gasteiger partial charge in [-0.25, -0.2) is 4.79 Å². The highest BCUT2D eigenvalue weighted by atomic mass is 16.7. The molecule has 4 heteroatoms. The first kappa shape index (κ1) is 10.7. The highest BCUT2D eigenvalue weighted by Gasteiger charge is 2.16. The van der Waals surface area contributed by atoms with E-state index in [-0.39, 0.29) is 12.4 Å². The minimum Gasteiger partial charge on any atom is -0.478 e. The van der Waals surface area contributed by atoms with Crippen LogP contribution < -0.4 is 9.47 Å². The van der Waals surface area contributed by atoms with Gasteiger partial charge in [0.25, 0.3) is 0 Å². The summed E-state index contributed by atoms with van der Waals surface area (Å²) >= 11 is 0. The van der Waals surface area contributed by atoms with E-state index in [1.807, 2.05) is 12.1 Å². The molecule has 0 atom stereocenters. The second kappa shape index (κ2) is 4.07. The molecule has 2 aromatic rings. The van der Waals surface area contributed by atoms with Crippen LogP contribution in [0, 0.1) is 0 Å². The molecule has 18 heavy (non-hydrogen) atoms. The van der Waals surface area contributed by atoms with Crippen LogP contribution in [0.25, 0.3) is 11.1 Å². The zero-order chi connectivity index (χ0) is 12.5. The SMILES string of the molecule is O=C(O)c1ccccc1-c1ccc2c(c1)OCO2. The molecule has 0 bridgehead atoms. The van der Waals surface area contributed by atoms with Crippen molar-refractivity contribution in [1.82, 2.24) is 0 Å². The normalized spacial score (nSPS) is 12.4. The molecule has 2 aromatic carbocycles.